The molecule has 0 radical (unpaired) electrons. The number of thioether (sulfide) groups is 1. The molecule has 1 amide bonds. The summed E-state index contributed by atoms with van der Waals surface area (Å²) in [5.74, 6) is -1.08. The van der Waals surface area contributed by atoms with Crippen LogP contribution in [0.5, 0.6) is 0 Å². The van der Waals surface area contributed by atoms with Crippen LogP contribution >= 0.6 is 23.1 Å². The maximum absolute atomic E-state index is 12.6. The number of esters is 1. The number of ether oxygens (including phenoxy) is 1. The average molecular weight is 375 g/mol. The summed E-state index contributed by atoms with van der Waals surface area (Å²) in [6, 6.07) is 6.30. The van der Waals surface area contributed by atoms with Gasteiger partial charge in [0.25, 0.3) is 0 Å². The lowest BCUT2D eigenvalue weighted by molar-refractivity contribution is -0.137. The summed E-state index contributed by atoms with van der Waals surface area (Å²) in [5.41, 5.74) is -0.444. The Labute approximate surface area is 144 Å². The van der Waals surface area contributed by atoms with Gasteiger partial charge in [-0.05, 0) is 29.6 Å². The van der Waals surface area contributed by atoms with Crippen molar-refractivity contribution in [2.24, 2.45) is 0 Å². The SMILES string of the molecule is COC(=O)c1sccc1NC(=O)CSc1cccc(C(F)(F)F)c1. The van der Waals surface area contributed by atoms with Gasteiger partial charge in [-0.25, -0.2) is 4.79 Å². The number of carbonyl (C=O) groups is 2. The van der Waals surface area contributed by atoms with Crippen LogP contribution in [-0.2, 0) is 15.7 Å². The van der Waals surface area contributed by atoms with Gasteiger partial charge in [0.15, 0.2) is 0 Å². The minimum Gasteiger partial charge on any atom is -0.465 e. The molecular formula is C15H12F3NO3S2. The van der Waals surface area contributed by atoms with Crippen molar-refractivity contribution in [3.05, 3.63) is 46.2 Å². The molecule has 0 saturated carbocycles. The Hall–Kier alpha value is -2.00. The predicted molar refractivity (Wildman–Crippen MR) is 86.5 cm³/mol. The molecule has 2 rings (SSSR count). The van der Waals surface area contributed by atoms with Crippen LogP contribution < -0.4 is 5.32 Å². The Morgan fingerprint density at radius 2 is 2.04 bits per heavy atom. The number of halogens is 3. The highest BCUT2D eigenvalue weighted by molar-refractivity contribution is 8.00. The van der Waals surface area contributed by atoms with Crippen molar-refractivity contribution in [1.29, 1.82) is 0 Å². The molecular weight excluding hydrogens is 363 g/mol. The molecule has 0 aliphatic heterocycles. The molecule has 1 aromatic carbocycles. The number of thiophene rings is 1. The molecule has 128 valence electrons. The molecule has 4 nitrogen and oxygen atoms in total. The summed E-state index contributed by atoms with van der Waals surface area (Å²) in [4.78, 5) is 24.0. The summed E-state index contributed by atoms with van der Waals surface area (Å²) in [5, 5.41) is 4.18. The maximum atomic E-state index is 12.6. The normalized spacial score (nSPS) is 11.2. The second-order valence-electron chi connectivity index (χ2n) is 4.52. The first-order valence-corrected chi connectivity index (χ1v) is 8.43. The Bertz CT molecular complexity index is 744. The highest BCUT2D eigenvalue weighted by Gasteiger charge is 2.30. The second-order valence-corrected chi connectivity index (χ2v) is 6.48. The first kappa shape index (κ1) is 18.3. The maximum Gasteiger partial charge on any atom is 0.416 e. The van der Waals surface area contributed by atoms with Crippen LogP contribution in [0.25, 0.3) is 0 Å². The van der Waals surface area contributed by atoms with Crippen molar-refractivity contribution in [2.45, 2.75) is 11.1 Å². The zero-order chi connectivity index (χ0) is 17.7. The van der Waals surface area contributed by atoms with Crippen molar-refractivity contribution >= 4 is 40.7 Å². The van der Waals surface area contributed by atoms with E-state index in [0.717, 1.165) is 35.2 Å². The number of benzene rings is 1. The van der Waals surface area contributed by atoms with Gasteiger partial charge in [-0.2, -0.15) is 13.2 Å². The van der Waals surface area contributed by atoms with Gasteiger partial charge < -0.3 is 10.1 Å². The van der Waals surface area contributed by atoms with Crippen LogP contribution in [0.2, 0.25) is 0 Å². The second kappa shape index (κ2) is 7.71. The molecule has 0 unspecified atom stereocenters. The van der Waals surface area contributed by atoms with Crippen LogP contribution in [0.3, 0.4) is 0 Å². The lowest BCUT2D eigenvalue weighted by Gasteiger charge is -2.09. The van der Waals surface area contributed by atoms with E-state index in [4.69, 9.17) is 0 Å². The number of anilines is 1. The molecule has 0 bridgehead atoms. The van der Waals surface area contributed by atoms with E-state index >= 15 is 0 Å². The Morgan fingerprint density at radius 1 is 1.29 bits per heavy atom. The summed E-state index contributed by atoms with van der Waals surface area (Å²) in [7, 11) is 1.23. The van der Waals surface area contributed by atoms with E-state index in [-0.39, 0.29) is 10.6 Å². The third-order valence-electron chi connectivity index (χ3n) is 2.84. The smallest absolute Gasteiger partial charge is 0.416 e. The molecule has 2 aromatic rings. The quantitative estimate of drug-likeness (QED) is 0.626. The number of amides is 1. The summed E-state index contributed by atoms with van der Waals surface area (Å²) in [6.07, 6.45) is -4.43. The van der Waals surface area contributed by atoms with Gasteiger partial charge in [0.05, 0.1) is 24.1 Å². The molecule has 0 aliphatic rings. The number of carbonyl (C=O) groups excluding carboxylic acids is 2. The average Bonchev–Trinajstić information content (AvgIpc) is 2.99. The van der Waals surface area contributed by atoms with Crippen molar-refractivity contribution in [1.82, 2.24) is 0 Å². The van der Waals surface area contributed by atoms with Gasteiger partial charge in [-0.15, -0.1) is 23.1 Å². The molecule has 1 heterocycles. The molecule has 0 aliphatic carbocycles. The van der Waals surface area contributed by atoms with Crippen LogP contribution in [0, 0.1) is 0 Å². The minimum atomic E-state index is -4.43. The van der Waals surface area contributed by atoms with E-state index in [1.807, 2.05) is 0 Å². The van der Waals surface area contributed by atoms with E-state index < -0.39 is 23.6 Å². The predicted octanol–water partition coefficient (Wildman–Crippen LogP) is 4.28. The summed E-state index contributed by atoms with van der Waals surface area (Å²) >= 11 is 2.10. The number of nitrogens with one attached hydrogen (secondary N) is 1. The van der Waals surface area contributed by atoms with Crippen LogP contribution in [0.1, 0.15) is 15.2 Å². The van der Waals surface area contributed by atoms with Crippen molar-refractivity contribution in [2.75, 3.05) is 18.2 Å². The molecule has 24 heavy (non-hydrogen) atoms. The van der Waals surface area contributed by atoms with E-state index in [9.17, 15) is 22.8 Å². The summed E-state index contributed by atoms with van der Waals surface area (Å²) in [6.45, 7) is 0. The number of alkyl halides is 3. The molecule has 0 saturated heterocycles. The lowest BCUT2D eigenvalue weighted by atomic mass is 10.2. The van der Waals surface area contributed by atoms with Gasteiger partial charge in [0, 0.05) is 4.90 Å². The van der Waals surface area contributed by atoms with Gasteiger partial charge in [-0.3, -0.25) is 4.79 Å². The molecule has 1 aromatic heterocycles. The van der Waals surface area contributed by atoms with Crippen molar-refractivity contribution in [3.63, 3.8) is 0 Å². The standard InChI is InChI=1S/C15H12F3NO3S2/c1-22-14(21)13-11(5-6-23-13)19-12(20)8-24-10-4-2-3-9(7-10)15(16,17)18/h2-7H,8H2,1H3,(H,19,20). The third-order valence-corrected chi connectivity index (χ3v) is 4.73. The van der Waals surface area contributed by atoms with E-state index in [1.165, 1.54) is 19.2 Å². The fourth-order valence-electron chi connectivity index (χ4n) is 1.76. The largest absolute Gasteiger partial charge is 0.465 e. The van der Waals surface area contributed by atoms with Crippen molar-refractivity contribution < 1.29 is 27.5 Å². The molecule has 0 fully saturated rings. The molecule has 9 heteroatoms. The van der Waals surface area contributed by atoms with Crippen LogP contribution in [0.15, 0.2) is 40.6 Å². The molecule has 0 spiro atoms. The summed E-state index contributed by atoms with van der Waals surface area (Å²) < 4.78 is 42.5. The number of methoxy groups -OCH3 is 1. The number of hydrogen-bond donors (Lipinski definition) is 1. The van der Waals surface area contributed by atoms with Gasteiger partial charge in [-0.1, -0.05) is 6.07 Å². The zero-order valence-electron chi connectivity index (χ0n) is 12.3. The van der Waals surface area contributed by atoms with E-state index in [0.29, 0.717) is 10.6 Å². The molecule has 0 atom stereocenters. The minimum absolute atomic E-state index is 0.0855. The first-order chi connectivity index (χ1) is 11.3. The number of hydrogen-bond acceptors (Lipinski definition) is 5. The first-order valence-electron chi connectivity index (χ1n) is 6.57. The lowest BCUT2D eigenvalue weighted by Crippen LogP contribution is -2.15. The fourth-order valence-corrected chi connectivity index (χ4v) is 3.28. The fraction of sp³-hybridized carbons (Fsp3) is 0.200. The Morgan fingerprint density at radius 3 is 2.71 bits per heavy atom. The topological polar surface area (TPSA) is 55.4 Å². The van der Waals surface area contributed by atoms with Crippen LogP contribution in [0.4, 0.5) is 18.9 Å². The van der Waals surface area contributed by atoms with Crippen LogP contribution in [-0.4, -0.2) is 24.7 Å². The van der Waals surface area contributed by atoms with Gasteiger partial charge >= 0.3 is 12.1 Å². The highest BCUT2D eigenvalue weighted by atomic mass is 32.2. The monoisotopic (exact) mass is 375 g/mol. The number of rotatable bonds is 5. The Balaban J connectivity index is 1.97. The van der Waals surface area contributed by atoms with E-state index in [1.54, 1.807) is 11.4 Å². The Kier molecular flexibility index (Phi) is 5.89. The van der Waals surface area contributed by atoms with E-state index in [2.05, 4.69) is 10.1 Å². The third kappa shape index (κ3) is 4.75. The highest BCUT2D eigenvalue weighted by Crippen LogP contribution is 2.32. The molecule has 1 N–H and O–H groups in total. The van der Waals surface area contributed by atoms with Gasteiger partial charge in [0.2, 0.25) is 5.91 Å². The van der Waals surface area contributed by atoms with Gasteiger partial charge in [0.1, 0.15) is 4.88 Å². The zero-order valence-corrected chi connectivity index (χ0v) is 14.0. The van der Waals surface area contributed by atoms with Crippen molar-refractivity contribution in [3.8, 4) is 0 Å².